The van der Waals surface area contributed by atoms with Crippen molar-refractivity contribution in [3.63, 3.8) is 0 Å². The van der Waals surface area contributed by atoms with Crippen LogP contribution < -0.4 is 10.2 Å². The van der Waals surface area contributed by atoms with Gasteiger partial charge in [0, 0.05) is 30.6 Å². The maximum atomic E-state index is 12.0. The number of amides is 2. The molecule has 0 fully saturated rings. The summed E-state index contributed by atoms with van der Waals surface area (Å²) < 4.78 is 0. The van der Waals surface area contributed by atoms with Crippen molar-refractivity contribution < 1.29 is 9.59 Å². The summed E-state index contributed by atoms with van der Waals surface area (Å²) in [4.78, 5) is 25.4. The van der Waals surface area contributed by atoms with Crippen LogP contribution >= 0.6 is 23.2 Å². The molecule has 0 saturated heterocycles. The quantitative estimate of drug-likeness (QED) is 0.869. The molecule has 0 aromatic heterocycles. The van der Waals surface area contributed by atoms with E-state index in [0.717, 1.165) is 0 Å². The third kappa shape index (κ3) is 4.98. The normalized spacial score (nSPS) is 10.2. The Morgan fingerprint density at radius 1 is 1.09 bits per heavy atom. The van der Waals surface area contributed by atoms with Gasteiger partial charge in [0.25, 0.3) is 0 Å². The van der Waals surface area contributed by atoms with Crippen molar-refractivity contribution in [2.24, 2.45) is 0 Å². The molecular weight excluding hydrogens is 335 g/mol. The molecule has 2 aromatic carbocycles. The summed E-state index contributed by atoms with van der Waals surface area (Å²) in [6, 6.07) is 13.9. The first kappa shape index (κ1) is 17.3. The van der Waals surface area contributed by atoms with Crippen LogP contribution in [0.25, 0.3) is 0 Å². The van der Waals surface area contributed by atoms with Crippen LogP contribution in [0.3, 0.4) is 0 Å². The SMILES string of the molecule is CC(=O)N(CCC(=O)Nc1cccc(Cl)c1)c1ccccc1Cl. The molecule has 2 amide bonds. The number of hydrogen-bond acceptors (Lipinski definition) is 2. The van der Waals surface area contributed by atoms with Gasteiger partial charge in [-0.15, -0.1) is 0 Å². The standard InChI is InChI=1S/C17H16Cl2N2O2/c1-12(22)21(16-8-3-2-7-15(16)19)10-9-17(23)20-14-6-4-5-13(18)11-14/h2-8,11H,9-10H2,1H3,(H,20,23). The number of para-hydroxylation sites is 1. The molecule has 0 aliphatic carbocycles. The maximum absolute atomic E-state index is 12.0. The van der Waals surface area contributed by atoms with Gasteiger partial charge in [0.1, 0.15) is 0 Å². The van der Waals surface area contributed by atoms with Crippen LogP contribution in [0.1, 0.15) is 13.3 Å². The van der Waals surface area contributed by atoms with Gasteiger partial charge < -0.3 is 10.2 Å². The number of anilines is 2. The third-order valence-corrected chi connectivity index (χ3v) is 3.75. The maximum Gasteiger partial charge on any atom is 0.226 e. The van der Waals surface area contributed by atoms with E-state index in [0.29, 0.717) is 21.4 Å². The van der Waals surface area contributed by atoms with Crippen molar-refractivity contribution in [1.82, 2.24) is 0 Å². The molecule has 0 aliphatic heterocycles. The van der Waals surface area contributed by atoms with Gasteiger partial charge >= 0.3 is 0 Å². The first-order valence-electron chi connectivity index (χ1n) is 7.05. The molecule has 0 aliphatic rings. The molecule has 0 radical (unpaired) electrons. The van der Waals surface area contributed by atoms with Crippen molar-refractivity contribution in [3.8, 4) is 0 Å². The highest BCUT2D eigenvalue weighted by Gasteiger charge is 2.15. The molecule has 0 unspecified atom stereocenters. The lowest BCUT2D eigenvalue weighted by atomic mass is 10.2. The van der Waals surface area contributed by atoms with E-state index < -0.39 is 0 Å². The second kappa shape index (κ2) is 7.99. The smallest absolute Gasteiger partial charge is 0.226 e. The van der Waals surface area contributed by atoms with Crippen molar-refractivity contribution in [1.29, 1.82) is 0 Å². The van der Waals surface area contributed by atoms with Crippen LogP contribution in [0.2, 0.25) is 10.0 Å². The summed E-state index contributed by atoms with van der Waals surface area (Å²) in [7, 11) is 0. The third-order valence-electron chi connectivity index (χ3n) is 3.19. The minimum absolute atomic E-state index is 0.150. The second-order valence-corrected chi connectivity index (χ2v) is 5.77. The zero-order chi connectivity index (χ0) is 16.8. The molecule has 120 valence electrons. The number of halogens is 2. The Bertz CT molecular complexity index is 719. The Hall–Kier alpha value is -2.04. The number of carbonyl (C=O) groups is 2. The Balaban J connectivity index is 2.00. The van der Waals surface area contributed by atoms with Crippen LogP contribution in [0.5, 0.6) is 0 Å². The fraction of sp³-hybridized carbons (Fsp3) is 0.176. The predicted molar refractivity (Wildman–Crippen MR) is 94.2 cm³/mol. The molecule has 4 nitrogen and oxygen atoms in total. The highest BCUT2D eigenvalue weighted by molar-refractivity contribution is 6.33. The molecule has 0 atom stereocenters. The van der Waals surface area contributed by atoms with Gasteiger partial charge in [-0.1, -0.05) is 41.4 Å². The predicted octanol–water partition coefficient (Wildman–Crippen LogP) is 4.38. The molecule has 0 spiro atoms. The van der Waals surface area contributed by atoms with Crippen LogP contribution in [0, 0.1) is 0 Å². The summed E-state index contributed by atoms with van der Waals surface area (Å²) in [6.45, 7) is 1.68. The largest absolute Gasteiger partial charge is 0.326 e. The number of nitrogens with one attached hydrogen (secondary N) is 1. The summed E-state index contributed by atoms with van der Waals surface area (Å²) >= 11 is 12.0. The van der Waals surface area contributed by atoms with Gasteiger partial charge in [0.05, 0.1) is 10.7 Å². The molecule has 6 heteroatoms. The summed E-state index contributed by atoms with van der Waals surface area (Å²) in [5, 5.41) is 3.76. The van der Waals surface area contributed by atoms with Gasteiger partial charge in [0.2, 0.25) is 11.8 Å². The van der Waals surface area contributed by atoms with Gasteiger partial charge in [-0.25, -0.2) is 0 Å². The lowest BCUT2D eigenvalue weighted by Gasteiger charge is -2.22. The number of nitrogens with zero attached hydrogens (tertiary/aromatic N) is 1. The van der Waals surface area contributed by atoms with E-state index in [1.54, 1.807) is 48.5 Å². The minimum Gasteiger partial charge on any atom is -0.326 e. The van der Waals surface area contributed by atoms with E-state index in [1.165, 1.54) is 11.8 Å². The molecule has 1 N–H and O–H groups in total. The van der Waals surface area contributed by atoms with Crippen molar-refractivity contribution >= 4 is 46.4 Å². The molecule has 0 bridgehead atoms. The van der Waals surface area contributed by atoms with E-state index in [1.807, 2.05) is 0 Å². The summed E-state index contributed by atoms with van der Waals surface area (Å²) in [5.74, 6) is -0.376. The Labute approximate surface area is 145 Å². The fourth-order valence-corrected chi connectivity index (χ4v) is 2.55. The van der Waals surface area contributed by atoms with E-state index in [-0.39, 0.29) is 24.8 Å². The number of carbonyl (C=O) groups excluding carboxylic acids is 2. The van der Waals surface area contributed by atoms with E-state index >= 15 is 0 Å². The second-order valence-electron chi connectivity index (χ2n) is 4.93. The lowest BCUT2D eigenvalue weighted by Crippen LogP contribution is -2.32. The summed E-state index contributed by atoms with van der Waals surface area (Å²) in [6.07, 6.45) is 0.150. The van der Waals surface area contributed by atoms with Gasteiger partial charge in [-0.3, -0.25) is 9.59 Å². The monoisotopic (exact) mass is 350 g/mol. The number of benzene rings is 2. The lowest BCUT2D eigenvalue weighted by molar-refractivity contribution is -0.117. The highest BCUT2D eigenvalue weighted by atomic mass is 35.5. The molecule has 2 rings (SSSR count). The Morgan fingerprint density at radius 2 is 1.83 bits per heavy atom. The first-order chi connectivity index (χ1) is 11.0. The first-order valence-corrected chi connectivity index (χ1v) is 7.81. The zero-order valence-corrected chi connectivity index (χ0v) is 14.1. The van der Waals surface area contributed by atoms with Crippen molar-refractivity contribution in [2.45, 2.75) is 13.3 Å². The average molecular weight is 351 g/mol. The van der Waals surface area contributed by atoms with Crippen LogP contribution in [0.4, 0.5) is 11.4 Å². The van der Waals surface area contributed by atoms with Gasteiger partial charge in [0.15, 0.2) is 0 Å². The Morgan fingerprint density at radius 3 is 2.48 bits per heavy atom. The minimum atomic E-state index is -0.203. The average Bonchev–Trinajstić information content (AvgIpc) is 2.49. The molecule has 23 heavy (non-hydrogen) atoms. The fourth-order valence-electron chi connectivity index (χ4n) is 2.12. The zero-order valence-electron chi connectivity index (χ0n) is 12.6. The molecular formula is C17H16Cl2N2O2. The van der Waals surface area contributed by atoms with Crippen LogP contribution in [0.15, 0.2) is 48.5 Å². The van der Waals surface area contributed by atoms with Gasteiger partial charge in [-0.05, 0) is 30.3 Å². The van der Waals surface area contributed by atoms with E-state index in [9.17, 15) is 9.59 Å². The van der Waals surface area contributed by atoms with Crippen molar-refractivity contribution in [3.05, 3.63) is 58.6 Å². The highest BCUT2D eigenvalue weighted by Crippen LogP contribution is 2.25. The van der Waals surface area contributed by atoms with E-state index in [2.05, 4.69) is 5.32 Å². The van der Waals surface area contributed by atoms with E-state index in [4.69, 9.17) is 23.2 Å². The van der Waals surface area contributed by atoms with Gasteiger partial charge in [-0.2, -0.15) is 0 Å². The number of rotatable bonds is 5. The molecule has 2 aromatic rings. The number of hydrogen-bond donors (Lipinski definition) is 1. The van der Waals surface area contributed by atoms with Crippen LogP contribution in [-0.2, 0) is 9.59 Å². The molecule has 0 saturated carbocycles. The Kier molecular flexibility index (Phi) is 6.02. The van der Waals surface area contributed by atoms with Crippen LogP contribution in [-0.4, -0.2) is 18.4 Å². The molecule has 0 heterocycles. The topological polar surface area (TPSA) is 49.4 Å². The van der Waals surface area contributed by atoms with Crippen molar-refractivity contribution in [2.75, 3.05) is 16.8 Å². The summed E-state index contributed by atoms with van der Waals surface area (Å²) in [5.41, 5.74) is 1.21.